The van der Waals surface area contributed by atoms with Crippen molar-refractivity contribution in [3.8, 4) is 0 Å². The Bertz CT molecular complexity index is 481. The van der Waals surface area contributed by atoms with Crippen molar-refractivity contribution in [2.45, 2.75) is 31.5 Å². The van der Waals surface area contributed by atoms with Crippen LogP contribution in [-0.4, -0.2) is 29.7 Å². The van der Waals surface area contributed by atoms with Crippen LogP contribution in [-0.2, 0) is 4.74 Å². The van der Waals surface area contributed by atoms with Gasteiger partial charge < -0.3 is 15.8 Å². The molecule has 1 aromatic carbocycles. The zero-order valence-electron chi connectivity index (χ0n) is 10.5. The number of benzene rings is 1. The van der Waals surface area contributed by atoms with Crippen LogP contribution in [0.2, 0.25) is 5.02 Å². The number of nitro groups is 1. The minimum atomic E-state index is -0.464. The van der Waals surface area contributed by atoms with Gasteiger partial charge in [0.2, 0.25) is 0 Å². The van der Waals surface area contributed by atoms with E-state index in [1.807, 2.05) is 6.92 Å². The van der Waals surface area contributed by atoms with Gasteiger partial charge in [-0.3, -0.25) is 10.1 Å². The molecule has 1 saturated carbocycles. The first kappa shape index (κ1) is 14.0. The number of halogens is 1. The lowest BCUT2D eigenvalue weighted by atomic mass is 9.83. The van der Waals surface area contributed by atoms with Gasteiger partial charge in [-0.15, -0.1) is 0 Å². The summed E-state index contributed by atoms with van der Waals surface area (Å²) < 4.78 is 5.52. The summed E-state index contributed by atoms with van der Waals surface area (Å²) in [5, 5.41) is 14.4. The molecule has 3 unspecified atom stereocenters. The van der Waals surface area contributed by atoms with Gasteiger partial charge in [0.05, 0.1) is 22.1 Å². The van der Waals surface area contributed by atoms with Crippen LogP contribution >= 0.6 is 11.6 Å². The van der Waals surface area contributed by atoms with Crippen molar-refractivity contribution in [3.05, 3.63) is 33.3 Å². The second kappa shape index (κ2) is 5.73. The van der Waals surface area contributed by atoms with E-state index in [0.717, 1.165) is 6.42 Å². The van der Waals surface area contributed by atoms with Crippen molar-refractivity contribution in [2.24, 2.45) is 5.73 Å². The summed E-state index contributed by atoms with van der Waals surface area (Å²) >= 11 is 6.02. The third-order valence-corrected chi connectivity index (χ3v) is 3.56. The van der Waals surface area contributed by atoms with Crippen LogP contribution in [0.3, 0.4) is 0 Å². The molecule has 1 aliphatic carbocycles. The summed E-state index contributed by atoms with van der Waals surface area (Å²) in [6.45, 7) is 2.49. The van der Waals surface area contributed by atoms with Gasteiger partial charge >= 0.3 is 0 Å². The third-order valence-electron chi connectivity index (χ3n) is 3.25. The van der Waals surface area contributed by atoms with Crippen LogP contribution in [0.4, 0.5) is 11.4 Å². The molecule has 0 aromatic heterocycles. The zero-order valence-corrected chi connectivity index (χ0v) is 11.3. The first-order valence-corrected chi connectivity index (χ1v) is 6.49. The number of nitro benzene ring substituents is 1. The molecule has 0 saturated heterocycles. The molecule has 6 nitrogen and oxygen atoms in total. The Labute approximate surface area is 116 Å². The van der Waals surface area contributed by atoms with E-state index in [-0.39, 0.29) is 23.9 Å². The van der Waals surface area contributed by atoms with Gasteiger partial charge in [-0.1, -0.05) is 17.7 Å². The monoisotopic (exact) mass is 285 g/mol. The van der Waals surface area contributed by atoms with E-state index >= 15 is 0 Å². The standard InChI is InChI=1S/C12H16ClN3O3/c1-2-19-10-6-8(14)12(10)15-11-7(13)4-3-5-9(11)16(17)18/h3-5,8,10,12,15H,2,6,14H2,1H3. The molecule has 104 valence electrons. The van der Waals surface area contributed by atoms with E-state index in [9.17, 15) is 10.1 Å². The SMILES string of the molecule is CCOC1CC(N)C1Nc1c(Cl)cccc1[N+](=O)[O-]. The van der Waals surface area contributed by atoms with Gasteiger partial charge in [0.25, 0.3) is 5.69 Å². The van der Waals surface area contributed by atoms with Crippen LogP contribution < -0.4 is 11.1 Å². The summed E-state index contributed by atoms with van der Waals surface area (Å²) in [5.74, 6) is 0. The molecule has 0 bridgehead atoms. The number of ether oxygens (including phenoxy) is 1. The Hall–Kier alpha value is -1.37. The van der Waals surface area contributed by atoms with Gasteiger partial charge in [-0.05, 0) is 19.4 Å². The largest absolute Gasteiger partial charge is 0.376 e. The van der Waals surface area contributed by atoms with Crippen LogP contribution in [0, 0.1) is 10.1 Å². The molecular formula is C12H16ClN3O3. The molecule has 1 fully saturated rings. The van der Waals surface area contributed by atoms with Gasteiger partial charge in [-0.2, -0.15) is 0 Å². The maximum Gasteiger partial charge on any atom is 0.293 e. The molecule has 1 aliphatic rings. The van der Waals surface area contributed by atoms with Crippen molar-refractivity contribution < 1.29 is 9.66 Å². The zero-order chi connectivity index (χ0) is 14.0. The van der Waals surface area contributed by atoms with Crippen LogP contribution in [0.1, 0.15) is 13.3 Å². The smallest absolute Gasteiger partial charge is 0.293 e. The van der Waals surface area contributed by atoms with E-state index in [0.29, 0.717) is 17.3 Å². The van der Waals surface area contributed by atoms with Gasteiger partial charge in [0, 0.05) is 18.7 Å². The summed E-state index contributed by atoms with van der Waals surface area (Å²) in [4.78, 5) is 10.5. The molecule has 3 atom stereocenters. The molecule has 0 amide bonds. The van der Waals surface area contributed by atoms with Crippen molar-refractivity contribution in [1.82, 2.24) is 0 Å². The quantitative estimate of drug-likeness (QED) is 0.639. The molecule has 0 radical (unpaired) electrons. The fraction of sp³-hybridized carbons (Fsp3) is 0.500. The highest BCUT2D eigenvalue weighted by molar-refractivity contribution is 6.33. The van der Waals surface area contributed by atoms with E-state index in [4.69, 9.17) is 22.1 Å². The second-order valence-corrected chi connectivity index (χ2v) is 4.86. The van der Waals surface area contributed by atoms with Crippen molar-refractivity contribution in [2.75, 3.05) is 11.9 Å². The third kappa shape index (κ3) is 2.80. The molecular weight excluding hydrogens is 270 g/mol. The highest BCUT2D eigenvalue weighted by Crippen LogP contribution is 2.35. The minimum absolute atomic E-state index is 0.0316. The lowest BCUT2D eigenvalue weighted by Gasteiger charge is -2.42. The van der Waals surface area contributed by atoms with Gasteiger partial charge in [-0.25, -0.2) is 0 Å². The second-order valence-electron chi connectivity index (χ2n) is 4.45. The van der Waals surface area contributed by atoms with Crippen molar-refractivity contribution in [1.29, 1.82) is 0 Å². The van der Waals surface area contributed by atoms with Gasteiger partial charge in [0.1, 0.15) is 5.69 Å². The number of nitrogens with zero attached hydrogens (tertiary/aromatic N) is 1. The molecule has 0 aliphatic heterocycles. The van der Waals surface area contributed by atoms with Gasteiger partial charge in [0.15, 0.2) is 0 Å². The van der Waals surface area contributed by atoms with E-state index in [1.54, 1.807) is 12.1 Å². The molecule has 7 heteroatoms. The predicted molar refractivity (Wildman–Crippen MR) is 73.5 cm³/mol. The topological polar surface area (TPSA) is 90.4 Å². The maximum atomic E-state index is 11.0. The van der Waals surface area contributed by atoms with Crippen molar-refractivity contribution >= 4 is 23.0 Å². The lowest BCUT2D eigenvalue weighted by molar-refractivity contribution is -0.384. The number of nitrogens with one attached hydrogen (secondary N) is 1. The predicted octanol–water partition coefficient (Wildman–Crippen LogP) is 2.16. The maximum absolute atomic E-state index is 11.0. The Morgan fingerprint density at radius 3 is 2.95 bits per heavy atom. The molecule has 0 spiro atoms. The molecule has 2 rings (SSSR count). The summed E-state index contributed by atoms with van der Waals surface area (Å²) in [5.41, 5.74) is 6.16. The first-order chi connectivity index (χ1) is 9.04. The van der Waals surface area contributed by atoms with Crippen molar-refractivity contribution in [3.63, 3.8) is 0 Å². The summed E-state index contributed by atoms with van der Waals surface area (Å²) in [7, 11) is 0. The van der Waals surface area contributed by atoms with Crippen LogP contribution in [0.25, 0.3) is 0 Å². The normalized spacial score (nSPS) is 25.7. The van der Waals surface area contributed by atoms with Crippen LogP contribution in [0.15, 0.2) is 18.2 Å². The minimum Gasteiger partial charge on any atom is -0.376 e. The lowest BCUT2D eigenvalue weighted by Crippen LogP contribution is -2.60. The first-order valence-electron chi connectivity index (χ1n) is 6.11. The van der Waals surface area contributed by atoms with E-state index < -0.39 is 4.92 Å². The summed E-state index contributed by atoms with van der Waals surface area (Å²) in [6, 6.07) is 4.32. The highest BCUT2D eigenvalue weighted by atomic mass is 35.5. The molecule has 1 aromatic rings. The number of para-hydroxylation sites is 1. The Morgan fingerprint density at radius 2 is 2.37 bits per heavy atom. The fourth-order valence-corrected chi connectivity index (χ4v) is 2.43. The number of hydrogen-bond donors (Lipinski definition) is 2. The number of anilines is 1. The van der Waals surface area contributed by atoms with E-state index in [2.05, 4.69) is 5.32 Å². The average molecular weight is 286 g/mol. The molecule has 0 heterocycles. The Balaban J connectivity index is 2.21. The average Bonchev–Trinajstić information content (AvgIpc) is 2.36. The van der Waals surface area contributed by atoms with Crippen LogP contribution in [0.5, 0.6) is 0 Å². The fourth-order valence-electron chi connectivity index (χ4n) is 2.20. The summed E-state index contributed by atoms with van der Waals surface area (Å²) in [6.07, 6.45) is 0.708. The molecule has 19 heavy (non-hydrogen) atoms. The van der Waals surface area contributed by atoms with E-state index in [1.165, 1.54) is 6.07 Å². The number of nitrogens with two attached hydrogens (primary N) is 1. The number of hydrogen-bond acceptors (Lipinski definition) is 5. The molecule has 3 N–H and O–H groups in total. The Kier molecular flexibility index (Phi) is 4.24. The highest BCUT2D eigenvalue weighted by Gasteiger charge is 2.40. The Morgan fingerprint density at radius 1 is 1.63 bits per heavy atom. The number of rotatable bonds is 5.